The third kappa shape index (κ3) is 4.53. The first-order valence-electron chi connectivity index (χ1n) is 7.47. The normalized spacial score (nSPS) is 14.4. The van der Waals surface area contributed by atoms with Crippen LogP contribution in [0.1, 0.15) is 58.6 Å². The van der Waals surface area contributed by atoms with Crippen LogP contribution >= 0.6 is 0 Å². The van der Waals surface area contributed by atoms with Gasteiger partial charge in [-0.25, -0.2) is 0 Å². The molecule has 1 aromatic rings. The maximum atomic E-state index is 5.45. The monoisotopic (exact) mass is 267 g/mol. The van der Waals surface area contributed by atoms with Crippen LogP contribution in [0.5, 0.6) is 5.75 Å². The zero-order valence-electron chi connectivity index (χ0n) is 13.1. The van der Waals surface area contributed by atoms with Crippen molar-refractivity contribution in [3.05, 3.63) is 11.9 Å². The zero-order valence-corrected chi connectivity index (χ0v) is 13.1. The first kappa shape index (κ1) is 16.0. The molecule has 0 saturated heterocycles. The third-order valence-electron chi connectivity index (χ3n) is 3.42. The van der Waals surface area contributed by atoms with Crippen molar-refractivity contribution in [3.8, 4) is 5.75 Å². The lowest BCUT2D eigenvalue weighted by molar-refractivity contribution is 0.392. The van der Waals surface area contributed by atoms with Crippen LogP contribution in [0.4, 0.5) is 0 Å². The summed E-state index contributed by atoms with van der Waals surface area (Å²) < 4.78 is 7.55. The summed E-state index contributed by atoms with van der Waals surface area (Å²) >= 11 is 0. The molecule has 0 radical (unpaired) electrons. The fraction of sp³-hybridized carbons (Fsp3) is 0.800. The molecule has 1 rings (SSSR count). The highest BCUT2D eigenvalue weighted by Gasteiger charge is 2.19. The molecule has 2 unspecified atom stereocenters. The van der Waals surface area contributed by atoms with E-state index in [0.717, 1.165) is 31.7 Å². The van der Waals surface area contributed by atoms with E-state index >= 15 is 0 Å². The fourth-order valence-corrected chi connectivity index (χ4v) is 2.54. The van der Waals surface area contributed by atoms with Gasteiger partial charge in [-0.1, -0.05) is 20.8 Å². The van der Waals surface area contributed by atoms with Crippen molar-refractivity contribution < 1.29 is 4.74 Å². The minimum absolute atomic E-state index is 0.448. The van der Waals surface area contributed by atoms with Gasteiger partial charge in [0.1, 0.15) is 0 Å². The van der Waals surface area contributed by atoms with Gasteiger partial charge >= 0.3 is 0 Å². The molecule has 1 N–H and O–H groups in total. The molecule has 0 aliphatic heterocycles. The standard InChI is InChI=1S/C15H29N3O/c1-6-8-16-13(4)10-12(3)15-14(19-5)11-17-18(15)9-7-2/h11-13,16H,6-10H2,1-5H3. The van der Waals surface area contributed by atoms with Crippen LogP contribution in [0.2, 0.25) is 0 Å². The van der Waals surface area contributed by atoms with E-state index in [2.05, 4.69) is 42.8 Å². The Bertz CT molecular complexity index is 362. The lowest BCUT2D eigenvalue weighted by atomic mass is 9.98. The smallest absolute Gasteiger partial charge is 0.160 e. The predicted octanol–water partition coefficient (Wildman–Crippen LogP) is 3.18. The first-order chi connectivity index (χ1) is 9.13. The van der Waals surface area contributed by atoms with E-state index in [1.165, 1.54) is 12.1 Å². The maximum absolute atomic E-state index is 5.45. The van der Waals surface area contributed by atoms with Crippen molar-refractivity contribution in [2.75, 3.05) is 13.7 Å². The van der Waals surface area contributed by atoms with Crippen LogP contribution in [0.15, 0.2) is 6.20 Å². The number of methoxy groups -OCH3 is 1. The molecule has 1 heterocycles. The van der Waals surface area contributed by atoms with Crippen molar-refractivity contribution in [1.82, 2.24) is 15.1 Å². The van der Waals surface area contributed by atoms with Gasteiger partial charge in [0.2, 0.25) is 0 Å². The first-order valence-corrected chi connectivity index (χ1v) is 7.47. The van der Waals surface area contributed by atoms with Crippen LogP contribution in [-0.4, -0.2) is 29.5 Å². The minimum Gasteiger partial charge on any atom is -0.493 e. The molecule has 0 aromatic carbocycles. The quantitative estimate of drug-likeness (QED) is 0.747. The van der Waals surface area contributed by atoms with Gasteiger partial charge in [-0.05, 0) is 32.7 Å². The largest absolute Gasteiger partial charge is 0.493 e. The molecule has 2 atom stereocenters. The number of rotatable bonds is 9. The van der Waals surface area contributed by atoms with Crippen LogP contribution in [0, 0.1) is 0 Å². The summed E-state index contributed by atoms with van der Waals surface area (Å²) in [6, 6.07) is 0.518. The Labute approximate surface area is 117 Å². The number of ether oxygens (including phenoxy) is 1. The molecule has 4 nitrogen and oxygen atoms in total. The van der Waals surface area contributed by atoms with Crippen LogP contribution in [0.25, 0.3) is 0 Å². The van der Waals surface area contributed by atoms with Crippen molar-refractivity contribution in [1.29, 1.82) is 0 Å². The minimum atomic E-state index is 0.448. The Morgan fingerprint density at radius 3 is 2.63 bits per heavy atom. The molecule has 0 aliphatic carbocycles. The molecule has 110 valence electrons. The molecular weight excluding hydrogens is 238 g/mol. The second-order valence-electron chi connectivity index (χ2n) is 5.31. The number of aryl methyl sites for hydroxylation is 1. The van der Waals surface area contributed by atoms with Crippen LogP contribution in [0.3, 0.4) is 0 Å². The third-order valence-corrected chi connectivity index (χ3v) is 3.42. The molecule has 19 heavy (non-hydrogen) atoms. The summed E-state index contributed by atoms with van der Waals surface area (Å²) in [5, 5.41) is 7.98. The topological polar surface area (TPSA) is 39.1 Å². The number of aromatic nitrogens is 2. The second kappa shape index (κ2) is 8.20. The van der Waals surface area contributed by atoms with E-state index in [0.29, 0.717) is 12.0 Å². The SMILES string of the molecule is CCCNC(C)CC(C)c1c(OC)cnn1CCC. The van der Waals surface area contributed by atoms with Crippen LogP contribution in [-0.2, 0) is 6.54 Å². The average molecular weight is 267 g/mol. The molecule has 0 bridgehead atoms. The zero-order chi connectivity index (χ0) is 14.3. The molecule has 1 aromatic heterocycles. The highest BCUT2D eigenvalue weighted by atomic mass is 16.5. The van der Waals surface area contributed by atoms with Crippen LogP contribution < -0.4 is 10.1 Å². The Kier molecular flexibility index (Phi) is 6.92. The van der Waals surface area contributed by atoms with Gasteiger partial charge in [0.15, 0.2) is 5.75 Å². The van der Waals surface area contributed by atoms with Crippen molar-refractivity contribution in [2.45, 2.75) is 65.5 Å². The lowest BCUT2D eigenvalue weighted by Gasteiger charge is -2.20. The Morgan fingerprint density at radius 1 is 1.32 bits per heavy atom. The van der Waals surface area contributed by atoms with Crippen molar-refractivity contribution in [3.63, 3.8) is 0 Å². The molecular formula is C15H29N3O. The molecule has 0 amide bonds. The van der Waals surface area contributed by atoms with E-state index in [9.17, 15) is 0 Å². The van der Waals surface area contributed by atoms with Gasteiger partial charge in [-0.3, -0.25) is 4.68 Å². The fourth-order valence-electron chi connectivity index (χ4n) is 2.54. The summed E-state index contributed by atoms with van der Waals surface area (Å²) in [5.41, 5.74) is 1.23. The number of hydrogen-bond donors (Lipinski definition) is 1. The summed E-state index contributed by atoms with van der Waals surface area (Å²) in [7, 11) is 1.72. The molecule has 0 spiro atoms. The highest BCUT2D eigenvalue weighted by molar-refractivity contribution is 5.28. The number of nitrogens with one attached hydrogen (secondary N) is 1. The average Bonchev–Trinajstić information content (AvgIpc) is 2.79. The molecule has 4 heteroatoms. The van der Waals surface area contributed by atoms with Gasteiger partial charge < -0.3 is 10.1 Å². The van der Waals surface area contributed by atoms with Gasteiger partial charge in [-0.15, -0.1) is 0 Å². The van der Waals surface area contributed by atoms with E-state index in [4.69, 9.17) is 4.74 Å². The maximum Gasteiger partial charge on any atom is 0.160 e. The second-order valence-corrected chi connectivity index (χ2v) is 5.31. The highest BCUT2D eigenvalue weighted by Crippen LogP contribution is 2.29. The van der Waals surface area contributed by atoms with Gasteiger partial charge in [-0.2, -0.15) is 5.10 Å². The molecule has 0 aliphatic rings. The van der Waals surface area contributed by atoms with Crippen molar-refractivity contribution in [2.24, 2.45) is 0 Å². The summed E-state index contributed by atoms with van der Waals surface area (Å²) in [6.07, 6.45) is 5.21. The Morgan fingerprint density at radius 2 is 2.05 bits per heavy atom. The Hall–Kier alpha value is -1.03. The number of nitrogens with zero attached hydrogens (tertiary/aromatic N) is 2. The molecule has 0 fully saturated rings. The molecule has 0 saturated carbocycles. The van der Waals surface area contributed by atoms with Crippen molar-refractivity contribution >= 4 is 0 Å². The van der Waals surface area contributed by atoms with E-state index in [1.54, 1.807) is 7.11 Å². The summed E-state index contributed by atoms with van der Waals surface area (Å²) in [6.45, 7) is 10.9. The summed E-state index contributed by atoms with van der Waals surface area (Å²) in [5.74, 6) is 1.37. The van der Waals surface area contributed by atoms with E-state index < -0.39 is 0 Å². The van der Waals surface area contributed by atoms with Gasteiger partial charge in [0, 0.05) is 18.5 Å². The summed E-state index contributed by atoms with van der Waals surface area (Å²) in [4.78, 5) is 0. The van der Waals surface area contributed by atoms with E-state index in [-0.39, 0.29) is 0 Å². The Balaban J connectivity index is 2.73. The van der Waals surface area contributed by atoms with Gasteiger partial charge in [0.25, 0.3) is 0 Å². The number of hydrogen-bond acceptors (Lipinski definition) is 3. The lowest BCUT2D eigenvalue weighted by Crippen LogP contribution is -2.28. The van der Waals surface area contributed by atoms with Gasteiger partial charge in [0.05, 0.1) is 19.0 Å². The van der Waals surface area contributed by atoms with E-state index in [1.807, 2.05) is 6.20 Å². The predicted molar refractivity (Wildman–Crippen MR) is 79.9 cm³/mol.